The number of rotatable bonds is 6. The smallest absolute Gasteiger partial charge is 0.262 e. The van der Waals surface area contributed by atoms with Crippen molar-refractivity contribution in [2.45, 2.75) is 20.3 Å². The molecule has 26 heavy (non-hydrogen) atoms. The van der Waals surface area contributed by atoms with Gasteiger partial charge in [-0.15, -0.1) is 0 Å². The molecule has 0 spiro atoms. The maximum atomic E-state index is 12.1. The van der Waals surface area contributed by atoms with Gasteiger partial charge in [0.2, 0.25) is 0 Å². The van der Waals surface area contributed by atoms with Crippen molar-refractivity contribution >= 4 is 23.2 Å². The van der Waals surface area contributed by atoms with E-state index in [-0.39, 0.29) is 12.5 Å². The predicted octanol–water partition coefficient (Wildman–Crippen LogP) is 4.28. The molecular weight excluding hydrogens is 354 g/mol. The number of amides is 1. The molecule has 1 N–H and O–H groups in total. The second-order valence-electron chi connectivity index (χ2n) is 5.64. The number of carbonyl (C=O) groups excluding carboxylic acids is 1. The first-order valence-corrected chi connectivity index (χ1v) is 8.55. The highest BCUT2D eigenvalue weighted by molar-refractivity contribution is 6.31. The Morgan fingerprint density at radius 2 is 2.00 bits per heavy atom. The zero-order chi connectivity index (χ0) is 18.5. The van der Waals surface area contributed by atoms with Gasteiger partial charge in [0, 0.05) is 22.7 Å². The number of aromatic nitrogens is 2. The third-order valence-electron chi connectivity index (χ3n) is 3.80. The van der Waals surface area contributed by atoms with Gasteiger partial charge in [-0.2, -0.15) is 4.98 Å². The Kier molecular flexibility index (Phi) is 5.53. The highest BCUT2D eigenvalue weighted by Crippen LogP contribution is 2.23. The number of ether oxygens (including phenoxy) is 1. The summed E-state index contributed by atoms with van der Waals surface area (Å²) in [5.74, 6) is 1.43. The molecule has 0 aliphatic carbocycles. The third-order valence-corrected chi connectivity index (χ3v) is 4.21. The van der Waals surface area contributed by atoms with Crippen LogP contribution >= 0.6 is 11.6 Å². The first-order chi connectivity index (χ1) is 12.6. The molecular formula is C19H18ClN3O3. The number of halogens is 1. The standard InChI is InChI=1S/C19H18ClN3O3/c1-3-17-22-19(26-23-17)13-7-9-14(10-8-13)25-11-18(24)21-16-6-4-5-15(20)12(16)2/h4-10H,3,11H2,1-2H3,(H,21,24). The average molecular weight is 372 g/mol. The molecule has 0 aliphatic rings. The molecule has 0 aliphatic heterocycles. The minimum atomic E-state index is -0.260. The van der Waals surface area contributed by atoms with Gasteiger partial charge in [0.15, 0.2) is 12.4 Å². The van der Waals surface area contributed by atoms with E-state index in [1.807, 2.05) is 13.8 Å². The van der Waals surface area contributed by atoms with E-state index in [0.717, 1.165) is 11.1 Å². The fourth-order valence-electron chi connectivity index (χ4n) is 2.29. The number of nitrogens with one attached hydrogen (secondary N) is 1. The van der Waals surface area contributed by atoms with Gasteiger partial charge >= 0.3 is 0 Å². The van der Waals surface area contributed by atoms with E-state index < -0.39 is 0 Å². The van der Waals surface area contributed by atoms with Crippen LogP contribution in [0.5, 0.6) is 5.75 Å². The van der Waals surface area contributed by atoms with Gasteiger partial charge in [-0.05, 0) is 48.9 Å². The van der Waals surface area contributed by atoms with Crippen molar-refractivity contribution in [3.05, 3.63) is 58.9 Å². The van der Waals surface area contributed by atoms with Crippen molar-refractivity contribution < 1.29 is 14.1 Å². The van der Waals surface area contributed by atoms with Crippen LogP contribution in [0.25, 0.3) is 11.5 Å². The lowest BCUT2D eigenvalue weighted by atomic mass is 10.2. The summed E-state index contributed by atoms with van der Waals surface area (Å²) in [5.41, 5.74) is 2.28. The maximum absolute atomic E-state index is 12.1. The number of hydrogen-bond acceptors (Lipinski definition) is 5. The Morgan fingerprint density at radius 1 is 1.23 bits per heavy atom. The summed E-state index contributed by atoms with van der Waals surface area (Å²) in [7, 11) is 0. The van der Waals surface area contributed by atoms with Crippen LogP contribution in [0.1, 0.15) is 18.3 Å². The lowest BCUT2D eigenvalue weighted by Crippen LogP contribution is -2.20. The van der Waals surface area contributed by atoms with Gasteiger partial charge in [-0.3, -0.25) is 4.79 Å². The lowest BCUT2D eigenvalue weighted by molar-refractivity contribution is -0.118. The summed E-state index contributed by atoms with van der Waals surface area (Å²) in [5, 5.41) is 7.26. The van der Waals surface area contributed by atoms with Crippen LogP contribution in [0, 0.1) is 6.92 Å². The third kappa shape index (κ3) is 4.21. The number of carbonyl (C=O) groups is 1. The van der Waals surface area contributed by atoms with Gasteiger partial charge in [0.05, 0.1) is 0 Å². The molecule has 0 fully saturated rings. The SMILES string of the molecule is CCc1noc(-c2ccc(OCC(=O)Nc3cccc(Cl)c3C)cc2)n1. The minimum Gasteiger partial charge on any atom is -0.484 e. The second-order valence-corrected chi connectivity index (χ2v) is 6.05. The summed E-state index contributed by atoms with van der Waals surface area (Å²) in [6, 6.07) is 12.5. The van der Waals surface area contributed by atoms with Crippen LogP contribution in [-0.4, -0.2) is 22.7 Å². The van der Waals surface area contributed by atoms with Gasteiger partial charge < -0.3 is 14.6 Å². The van der Waals surface area contributed by atoms with Gasteiger partial charge in [-0.25, -0.2) is 0 Å². The maximum Gasteiger partial charge on any atom is 0.262 e. The molecule has 1 heterocycles. The van der Waals surface area contributed by atoms with Crippen LogP contribution in [-0.2, 0) is 11.2 Å². The fraction of sp³-hybridized carbons (Fsp3) is 0.211. The molecule has 0 radical (unpaired) electrons. The van der Waals surface area contributed by atoms with Crippen LogP contribution in [0.4, 0.5) is 5.69 Å². The summed E-state index contributed by atoms with van der Waals surface area (Å²) in [4.78, 5) is 16.3. The first kappa shape index (κ1) is 17.9. The topological polar surface area (TPSA) is 77.2 Å². The summed E-state index contributed by atoms with van der Waals surface area (Å²) >= 11 is 6.05. The van der Waals surface area contributed by atoms with Crippen LogP contribution < -0.4 is 10.1 Å². The van der Waals surface area contributed by atoms with E-state index in [0.29, 0.717) is 34.6 Å². The highest BCUT2D eigenvalue weighted by Gasteiger charge is 2.10. The Bertz CT molecular complexity index is 907. The second kappa shape index (κ2) is 8.01. The molecule has 134 valence electrons. The van der Waals surface area contributed by atoms with E-state index in [9.17, 15) is 4.79 Å². The number of hydrogen-bond donors (Lipinski definition) is 1. The largest absolute Gasteiger partial charge is 0.484 e. The van der Waals surface area contributed by atoms with E-state index in [1.165, 1.54) is 0 Å². The first-order valence-electron chi connectivity index (χ1n) is 8.17. The molecule has 1 aromatic heterocycles. The van der Waals surface area contributed by atoms with Crippen molar-refractivity contribution in [2.75, 3.05) is 11.9 Å². The molecule has 1 amide bonds. The van der Waals surface area contributed by atoms with Crippen molar-refractivity contribution in [1.29, 1.82) is 0 Å². The summed E-state index contributed by atoms with van der Waals surface area (Å²) in [6.45, 7) is 3.70. The Morgan fingerprint density at radius 3 is 2.69 bits per heavy atom. The molecule has 0 saturated carbocycles. The Hall–Kier alpha value is -2.86. The van der Waals surface area contributed by atoms with Crippen molar-refractivity contribution in [2.24, 2.45) is 0 Å². The molecule has 0 bridgehead atoms. The number of nitrogens with zero attached hydrogens (tertiary/aromatic N) is 2. The number of benzene rings is 2. The van der Waals surface area contributed by atoms with E-state index in [2.05, 4.69) is 15.5 Å². The molecule has 2 aromatic carbocycles. The number of anilines is 1. The molecule has 0 atom stereocenters. The normalized spacial score (nSPS) is 10.6. The summed E-state index contributed by atoms with van der Waals surface area (Å²) in [6.07, 6.45) is 0.714. The van der Waals surface area contributed by atoms with Crippen molar-refractivity contribution in [1.82, 2.24) is 10.1 Å². The molecule has 3 aromatic rings. The Labute approximate surface area is 156 Å². The monoisotopic (exact) mass is 371 g/mol. The molecule has 6 nitrogen and oxygen atoms in total. The predicted molar refractivity (Wildman–Crippen MR) is 99.4 cm³/mol. The molecule has 3 rings (SSSR count). The van der Waals surface area contributed by atoms with Gasteiger partial charge in [-0.1, -0.05) is 29.7 Å². The minimum absolute atomic E-state index is 0.105. The van der Waals surface area contributed by atoms with Crippen LogP contribution in [0.15, 0.2) is 47.0 Å². The van der Waals surface area contributed by atoms with E-state index >= 15 is 0 Å². The van der Waals surface area contributed by atoms with Gasteiger partial charge in [0.1, 0.15) is 5.75 Å². The lowest BCUT2D eigenvalue weighted by Gasteiger charge is -2.10. The number of aryl methyl sites for hydroxylation is 1. The van der Waals surface area contributed by atoms with Crippen LogP contribution in [0.3, 0.4) is 0 Å². The van der Waals surface area contributed by atoms with E-state index in [4.69, 9.17) is 20.9 Å². The van der Waals surface area contributed by atoms with Gasteiger partial charge in [0.25, 0.3) is 11.8 Å². The molecule has 7 heteroatoms. The van der Waals surface area contributed by atoms with Crippen molar-refractivity contribution in [3.8, 4) is 17.2 Å². The molecule has 0 unspecified atom stereocenters. The average Bonchev–Trinajstić information content (AvgIpc) is 3.13. The fourth-order valence-corrected chi connectivity index (χ4v) is 2.46. The summed E-state index contributed by atoms with van der Waals surface area (Å²) < 4.78 is 10.7. The van der Waals surface area contributed by atoms with Crippen molar-refractivity contribution in [3.63, 3.8) is 0 Å². The van der Waals surface area contributed by atoms with Crippen LogP contribution in [0.2, 0.25) is 5.02 Å². The highest BCUT2D eigenvalue weighted by atomic mass is 35.5. The quantitative estimate of drug-likeness (QED) is 0.699. The molecule has 0 saturated heterocycles. The Balaban J connectivity index is 1.57. The zero-order valence-corrected chi connectivity index (χ0v) is 15.2. The van der Waals surface area contributed by atoms with E-state index in [1.54, 1.807) is 42.5 Å². The zero-order valence-electron chi connectivity index (χ0n) is 14.5.